The fourth-order valence-corrected chi connectivity index (χ4v) is 4.79. The van der Waals surface area contributed by atoms with E-state index in [0.29, 0.717) is 0 Å². The molecule has 0 aromatic heterocycles. The minimum Gasteiger partial charge on any atom is -0.381 e. The highest BCUT2D eigenvalue weighted by Gasteiger charge is 2.57. The molecule has 1 spiro atoms. The van der Waals surface area contributed by atoms with Crippen LogP contribution in [0.25, 0.3) is 0 Å². The van der Waals surface area contributed by atoms with Gasteiger partial charge in [-0.15, -0.1) is 0 Å². The second-order valence-corrected chi connectivity index (χ2v) is 7.25. The monoisotopic (exact) mass is 347 g/mol. The van der Waals surface area contributed by atoms with Gasteiger partial charge in [-0.3, -0.25) is 14.6 Å². The smallest absolute Gasteiger partial charge is 0.242 e. The zero-order valence-corrected chi connectivity index (χ0v) is 14.8. The number of hydrogen-bond donors (Lipinski definition) is 0. The van der Waals surface area contributed by atoms with Crippen molar-refractivity contribution in [2.24, 2.45) is 0 Å². The van der Waals surface area contributed by atoms with Crippen molar-refractivity contribution in [2.45, 2.75) is 38.0 Å². The summed E-state index contributed by atoms with van der Waals surface area (Å²) in [6.07, 6.45) is 1.81. The first-order valence-corrected chi connectivity index (χ1v) is 9.27. The fraction of sp³-hybridized carbons (Fsp3) is 0.632. The Balaban J connectivity index is 1.51. The van der Waals surface area contributed by atoms with Gasteiger partial charge in [0.2, 0.25) is 5.91 Å². The third-order valence-corrected chi connectivity index (χ3v) is 5.98. The highest BCUT2D eigenvalue weighted by atomic mass is 19.1. The van der Waals surface area contributed by atoms with Crippen LogP contribution in [0.2, 0.25) is 0 Å². The number of hydrogen-bond acceptors (Lipinski definition) is 4. The number of amides is 1. The van der Waals surface area contributed by atoms with Gasteiger partial charge in [0, 0.05) is 45.6 Å². The minimum absolute atomic E-state index is 0.0627. The molecule has 1 aromatic rings. The van der Waals surface area contributed by atoms with Crippen LogP contribution in [0, 0.1) is 5.82 Å². The maximum absolute atomic E-state index is 13.1. The second-order valence-electron chi connectivity index (χ2n) is 7.25. The van der Waals surface area contributed by atoms with Crippen LogP contribution >= 0.6 is 0 Å². The lowest BCUT2D eigenvalue weighted by Gasteiger charge is -2.48. The second kappa shape index (κ2) is 6.67. The Hall–Kier alpha value is -1.50. The molecule has 0 saturated carbocycles. The summed E-state index contributed by atoms with van der Waals surface area (Å²) in [4.78, 5) is 19.9. The largest absolute Gasteiger partial charge is 0.381 e. The maximum Gasteiger partial charge on any atom is 0.242 e. The topological polar surface area (TPSA) is 36.0 Å². The van der Waals surface area contributed by atoms with E-state index in [0.717, 1.165) is 64.3 Å². The summed E-state index contributed by atoms with van der Waals surface area (Å²) in [5.74, 6) is 0.0489. The number of ether oxygens (including phenoxy) is 1. The minimum atomic E-state index is -0.209. The Morgan fingerprint density at radius 3 is 2.60 bits per heavy atom. The number of piperazine rings is 1. The number of rotatable bonds is 3. The molecule has 1 atom stereocenters. The highest BCUT2D eigenvalue weighted by Crippen LogP contribution is 2.41. The molecule has 1 amide bonds. The van der Waals surface area contributed by atoms with E-state index >= 15 is 0 Å². The summed E-state index contributed by atoms with van der Waals surface area (Å²) in [7, 11) is 0. The van der Waals surface area contributed by atoms with Crippen molar-refractivity contribution >= 4 is 5.91 Å². The number of nitrogens with zero attached hydrogens (tertiary/aromatic N) is 3. The number of carbonyl (C=O) groups excluding carboxylic acids is 1. The number of carbonyl (C=O) groups is 1. The summed E-state index contributed by atoms with van der Waals surface area (Å²) in [5, 5.41) is 0. The van der Waals surface area contributed by atoms with Gasteiger partial charge >= 0.3 is 0 Å². The summed E-state index contributed by atoms with van der Waals surface area (Å²) in [6, 6.07) is 6.60. The molecule has 0 bridgehead atoms. The summed E-state index contributed by atoms with van der Waals surface area (Å²) in [6.45, 7) is 7.62. The molecule has 0 N–H and O–H groups in total. The molecular formula is C19H26FN3O2. The number of halogens is 1. The standard InChI is InChI=1S/C19H26FN3O2/c1-2-22-18(24)17-14-21(13-15-3-5-16(20)6-4-15)9-10-23(17)19(22)7-11-25-12-8-19/h3-6,17H,2,7-14H2,1H3/t17-/m1/s1. The number of fused-ring (bicyclic) bond motifs is 2. The van der Waals surface area contributed by atoms with Gasteiger partial charge in [0.15, 0.2) is 0 Å². The van der Waals surface area contributed by atoms with Gasteiger partial charge in [0.05, 0.1) is 13.2 Å². The molecule has 6 heteroatoms. The summed E-state index contributed by atoms with van der Waals surface area (Å²) >= 11 is 0. The normalized spacial score (nSPS) is 27.0. The Morgan fingerprint density at radius 2 is 1.92 bits per heavy atom. The first kappa shape index (κ1) is 16.9. The van der Waals surface area contributed by atoms with E-state index in [-0.39, 0.29) is 23.4 Å². The van der Waals surface area contributed by atoms with E-state index in [1.807, 2.05) is 12.1 Å². The van der Waals surface area contributed by atoms with Crippen LogP contribution in [0.3, 0.4) is 0 Å². The van der Waals surface area contributed by atoms with Gasteiger partial charge in [-0.1, -0.05) is 12.1 Å². The Bertz CT molecular complexity index is 630. The molecule has 25 heavy (non-hydrogen) atoms. The molecule has 3 heterocycles. The lowest BCUT2D eigenvalue weighted by Crippen LogP contribution is -2.61. The van der Waals surface area contributed by atoms with Crippen LogP contribution in [0.1, 0.15) is 25.3 Å². The van der Waals surface area contributed by atoms with Gasteiger partial charge < -0.3 is 9.64 Å². The van der Waals surface area contributed by atoms with Crippen LogP contribution in [0.15, 0.2) is 24.3 Å². The molecule has 4 rings (SSSR count). The van der Waals surface area contributed by atoms with Crippen LogP contribution in [-0.2, 0) is 16.1 Å². The van der Waals surface area contributed by atoms with Gasteiger partial charge in [-0.2, -0.15) is 0 Å². The van der Waals surface area contributed by atoms with E-state index in [4.69, 9.17) is 4.74 Å². The van der Waals surface area contributed by atoms with E-state index < -0.39 is 0 Å². The fourth-order valence-electron chi connectivity index (χ4n) is 4.79. The molecule has 3 fully saturated rings. The molecule has 3 aliphatic heterocycles. The first-order valence-electron chi connectivity index (χ1n) is 9.27. The lowest BCUT2D eigenvalue weighted by atomic mass is 9.96. The number of likely N-dealkylation sites (N-methyl/N-ethyl adjacent to an activating group) is 1. The maximum atomic E-state index is 13.1. The zero-order chi connectivity index (χ0) is 17.4. The van der Waals surface area contributed by atoms with E-state index in [2.05, 4.69) is 21.6 Å². The average molecular weight is 347 g/mol. The van der Waals surface area contributed by atoms with Crippen LogP contribution in [-0.4, -0.2) is 71.7 Å². The lowest BCUT2D eigenvalue weighted by molar-refractivity contribution is -0.135. The summed E-state index contributed by atoms with van der Waals surface area (Å²) in [5.41, 5.74) is 0.949. The van der Waals surface area contributed by atoms with Crippen molar-refractivity contribution in [3.8, 4) is 0 Å². The Kier molecular flexibility index (Phi) is 4.52. The van der Waals surface area contributed by atoms with Crippen LogP contribution in [0.5, 0.6) is 0 Å². The van der Waals surface area contributed by atoms with Gasteiger partial charge in [-0.05, 0) is 24.6 Å². The average Bonchev–Trinajstić information content (AvgIpc) is 2.85. The van der Waals surface area contributed by atoms with Crippen molar-refractivity contribution in [3.63, 3.8) is 0 Å². The van der Waals surface area contributed by atoms with Crippen molar-refractivity contribution < 1.29 is 13.9 Å². The van der Waals surface area contributed by atoms with E-state index in [9.17, 15) is 9.18 Å². The molecule has 0 unspecified atom stereocenters. The zero-order valence-electron chi connectivity index (χ0n) is 14.8. The molecule has 3 aliphatic rings. The molecule has 136 valence electrons. The molecular weight excluding hydrogens is 321 g/mol. The van der Waals surface area contributed by atoms with Gasteiger partial charge in [-0.25, -0.2) is 4.39 Å². The third kappa shape index (κ3) is 2.86. The quantitative estimate of drug-likeness (QED) is 0.834. The number of benzene rings is 1. The summed E-state index contributed by atoms with van der Waals surface area (Å²) < 4.78 is 18.7. The van der Waals surface area contributed by atoms with Gasteiger partial charge in [0.1, 0.15) is 17.5 Å². The van der Waals surface area contributed by atoms with Crippen LogP contribution < -0.4 is 0 Å². The first-order chi connectivity index (χ1) is 12.1. The van der Waals surface area contributed by atoms with Crippen LogP contribution in [0.4, 0.5) is 4.39 Å². The molecule has 0 aliphatic carbocycles. The highest BCUT2D eigenvalue weighted by molar-refractivity contribution is 5.85. The van der Waals surface area contributed by atoms with Crippen molar-refractivity contribution in [3.05, 3.63) is 35.6 Å². The SMILES string of the molecule is CCN1C(=O)[C@H]2CN(Cc3ccc(F)cc3)CCN2C12CCOCC2. The molecule has 0 radical (unpaired) electrons. The molecule has 5 nitrogen and oxygen atoms in total. The van der Waals surface area contributed by atoms with E-state index in [1.165, 1.54) is 12.1 Å². The van der Waals surface area contributed by atoms with Crippen molar-refractivity contribution in [2.75, 3.05) is 39.4 Å². The van der Waals surface area contributed by atoms with E-state index in [1.54, 1.807) is 0 Å². The van der Waals surface area contributed by atoms with Gasteiger partial charge in [0.25, 0.3) is 0 Å². The van der Waals surface area contributed by atoms with Crippen molar-refractivity contribution in [1.82, 2.24) is 14.7 Å². The predicted molar refractivity (Wildman–Crippen MR) is 92.3 cm³/mol. The third-order valence-electron chi connectivity index (χ3n) is 5.98. The Labute approximate surface area is 148 Å². The predicted octanol–water partition coefficient (Wildman–Crippen LogP) is 1.68. The molecule has 3 saturated heterocycles. The van der Waals surface area contributed by atoms with Crippen molar-refractivity contribution in [1.29, 1.82) is 0 Å². The molecule has 1 aromatic carbocycles. The Morgan fingerprint density at radius 1 is 1.20 bits per heavy atom.